The number of anilines is 1. The number of methoxy groups -OCH3 is 1. The van der Waals surface area contributed by atoms with Crippen LogP contribution in [0.1, 0.15) is 24.9 Å². The Bertz CT molecular complexity index is 966. The minimum Gasteiger partial charge on any atom is -0.495 e. The lowest BCUT2D eigenvalue weighted by atomic mass is 9.90. The average molecular weight is 390 g/mol. The minimum absolute atomic E-state index is 0.0471. The third-order valence-electron chi connectivity index (χ3n) is 4.85. The standard InChI is InChI=1S/C18H16ClN3O5/c1-18-9-13(12-8-11(22(24)25)4-6-15(12)27-18)20-17(23)21(18)14-7-10(19)3-5-16(14)26-2/h3-8,13H,9H2,1-2H3,(H,20,23)/t13?,18-/m1/s1. The van der Waals surface area contributed by atoms with E-state index in [0.717, 1.165) is 0 Å². The van der Waals surface area contributed by atoms with Crippen LogP contribution in [-0.4, -0.2) is 23.8 Å². The maximum atomic E-state index is 12.9. The highest BCUT2D eigenvalue weighted by atomic mass is 35.5. The van der Waals surface area contributed by atoms with Crippen molar-refractivity contribution >= 4 is 29.0 Å². The summed E-state index contributed by atoms with van der Waals surface area (Å²) < 4.78 is 11.5. The Morgan fingerprint density at radius 2 is 2.15 bits per heavy atom. The average Bonchev–Trinajstić information content (AvgIpc) is 2.60. The van der Waals surface area contributed by atoms with Gasteiger partial charge in [0, 0.05) is 29.1 Å². The quantitative estimate of drug-likeness (QED) is 0.631. The van der Waals surface area contributed by atoms with Gasteiger partial charge in [0.2, 0.25) is 0 Å². The van der Waals surface area contributed by atoms with Gasteiger partial charge in [0.1, 0.15) is 11.5 Å². The largest absolute Gasteiger partial charge is 0.495 e. The summed E-state index contributed by atoms with van der Waals surface area (Å²) in [7, 11) is 1.51. The van der Waals surface area contributed by atoms with E-state index in [-0.39, 0.29) is 5.69 Å². The van der Waals surface area contributed by atoms with Crippen LogP contribution >= 0.6 is 11.6 Å². The lowest BCUT2D eigenvalue weighted by Crippen LogP contribution is -2.65. The SMILES string of the molecule is COc1ccc(Cl)cc1N1C(=O)NC2C[C@@]1(C)Oc1ccc([N+](=O)[O-])cc12. The van der Waals surface area contributed by atoms with Crippen molar-refractivity contribution in [3.05, 3.63) is 57.1 Å². The van der Waals surface area contributed by atoms with Gasteiger partial charge in [0.25, 0.3) is 5.69 Å². The number of hydrogen-bond donors (Lipinski definition) is 1. The predicted octanol–water partition coefficient (Wildman–Crippen LogP) is 4.03. The number of rotatable bonds is 3. The maximum Gasteiger partial charge on any atom is 0.325 e. The number of non-ortho nitro benzene ring substituents is 1. The van der Waals surface area contributed by atoms with Gasteiger partial charge in [0.15, 0.2) is 5.72 Å². The predicted molar refractivity (Wildman–Crippen MR) is 98.5 cm³/mol. The van der Waals surface area contributed by atoms with Crippen molar-refractivity contribution in [1.82, 2.24) is 5.32 Å². The van der Waals surface area contributed by atoms with Gasteiger partial charge in [0.05, 0.1) is 23.8 Å². The molecular weight excluding hydrogens is 374 g/mol. The van der Waals surface area contributed by atoms with Gasteiger partial charge in [-0.3, -0.25) is 15.0 Å². The monoisotopic (exact) mass is 389 g/mol. The maximum absolute atomic E-state index is 12.9. The molecule has 4 rings (SSSR count). The Morgan fingerprint density at radius 1 is 1.37 bits per heavy atom. The summed E-state index contributed by atoms with van der Waals surface area (Å²) in [5.41, 5.74) is 0.0179. The minimum atomic E-state index is -1.01. The Morgan fingerprint density at radius 3 is 2.85 bits per heavy atom. The van der Waals surface area contributed by atoms with Gasteiger partial charge >= 0.3 is 6.03 Å². The molecule has 1 fully saturated rings. The molecule has 140 valence electrons. The van der Waals surface area contributed by atoms with E-state index in [2.05, 4.69) is 5.32 Å². The summed E-state index contributed by atoms with van der Waals surface area (Å²) in [4.78, 5) is 25.0. The van der Waals surface area contributed by atoms with Crippen molar-refractivity contribution in [2.24, 2.45) is 0 Å². The molecule has 0 aliphatic carbocycles. The first-order chi connectivity index (χ1) is 12.8. The van der Waals surface area contributed by atoms with Crippen molar-refractivity contribution < 1.29 is 19.2 Å². The third kappa shape index (κ3) is 2.73. The number of ether oxygens (including phenoxy) is 2. The van der Waals surface area contributed by atoms with Crippen molar-refractivity contribution in [3.63, 3.8) is 0 Å². The second-order valence-electron chi connectivity index (χ2n) is 6.61. The highest BCUT2D eigenvalue weighted by Gasteiger charge is 2.50. The van der Waals surface area contributed by atoms with Gasteiger partial charge in [-0.05, 0) is 31.2 Å². The summed E-state index contributed by atoms with van der Waals surface area (Å²) >= 11 is 6.13. The molecule has 1 unspecified atom stereocenters. The van der Waals surface area contributed by atoms with E-state index < -0.39 is 22.7 Å². The molecule has 2 atom stereocenters. The lowest BCUT2D eigenvalue weighted by Gasteiger charge is -2.50. The molecule has 0 aromatic heterocycles. The van der Waals surface area contributed by atoms with Gasteiger partial charge in [-0.1, -0.05) is 11.6 Å². The van der Waals surface area contributed by atoms with Gasteiger partial charge in [-0.2, -0.15) is 0 Å². The van der Waals surface area contributed by atoms with Gasteiger partial charge < -0.3 is 14.8 Å². The van der Waals surface area contributed by atoms with Crippen molar-refractivity contribution in [2.45, 2.75) is 25.1 Å². The number of carbonyl (C=O) groups excluding carboxylic acids is 1. The normalized spacial score (nSPS) is 23.1. The van der Waals surface area contributed by atoms with E-state index >= 15 is 0 Å². The van der Waals surface area contributed by atoms with E-state index in [9.17, 15) is 14.9 Å². The molecule has 0 radical (unpaired) electrons. The van der Waals surface area contributed by atoms with Crippen LogP contribution in [-0.2, 0) is 0 Å². The van der Waals surface area contributed by atoms with E-state index in [4.69, 9.17) is 21.1 Å². The summed E-state index contributed by atoms with van der Waals surface area (Å²) in [6.07, 6.45) is 0.405. The van der Waals surface area contributed by atoms with Crippen molar-refractivity contribution in [2.75, 3.05) is 12.0 Å². The van der Waals surface area contributed by atoms with Crippen LogP contribution in [0.2, 0.25) is 5.02 Å². The van der Waals surface area contributed by atoms with E-state index in [1.54, 1.807) is 31.2 Å². The summed E-state index contributed by atoms with van der Waals surface area (Å²) in [5.74, 6) is 0.970. The molecule has 27 heavy (non-hydrogen) atoms. The molecule has 0 saturated carbocycles. The van der Waals surface area contributed by atoms with Crippen LogP contribution in [0.25, 0.3) is 0 Å². The Balaban J connectivity index is 1.81. The number of amides is 2. The number of urea groups is 1. The third-order valence-corrected chi connectivity index (χ3v) is 5.08. The first kappa shape index (κ1) is 17.4. The second kappa shape index (κ2) is 6.02. The topological polar surface area (TPSA) is 93.9 Å². The number of nitrogens with one attached hydrogen (secondary N) is 1. The number of halogens is 1. The lowest BCUT2D eigenvalue weighted by molar-refractivity contribution is -0.385. The molecule has 2 aliphatic rings. The van der Waals surface area contributed by atoms with Crippen molar-refractivity contribution in [1.29, 1.82) is 0 Å². The highest BCUT2D eigenvalue weighted by Crippen LogP contribution is 2.48. The highest BCUT2D eigenvalue weighted by molar-refractivity contribution is 6.31. The molecule has 2 heterocycles. The van der Waals surface area contributed by atoms with Gasteiger partial charge in [-0.15, -0.1) is 0 Å². The Hall–Kier alpha value is -3.00. The first-order valence-corrected chi connectivity index (χ1v) is 8.62. The zero-order chi connectivity index (χ0) is 19.3. The molecule has 2 aromatic carbocycles. The fourth-order valence-electron chi connectivity index (χ4n) is 3.68. The number of benzene rings is 2. The zero-order valence-electron chi connectivity index (χ0n) is 14.6. The Labute approximate surface area is 159 Å². The van der Waals surface area contributed by atoms with Crippen LogP contribution in [0, 0.1) is 10.1 Å². The summed E-state index contributed by atoms with van der Waals surface area (Å²) in [5, 5.41) is 14.4. The number of carbonyl (C=O) groups is 1. The van der Waals surface area contributed by atoms with Crippen LogP contribution < -0.4 is 19.7 Å². The number of nitrogens with zero attached hydrogens (tertiary/aromatic N) is 2. The van der Waals surface area contributed by atoms with E-state index in [1.165, 1.54) is 24.1 Å². The molecule has 8 nitrogen and oxygen atoms in total. The number of hydrogen-bond acceptors (Lipinski definition) is 5. The molecule has 9 heteroatoms. The molecule has 2 bridgehead atoms. The summed E-state index contributed by atoms with van der Waals surface area (Å²) in [6, 6.07) is 8.58. The molecule has 2 aromatic rings. The second-order valence-corrected chi connectivity index (χ2v) is 7.05. The fraction of sp³-hybridized carbons (Fsp3) is 0.278. The number of nitro groups is 1. The molecule has 0 spiro atoms. The van der Waals surface area contributed by atoms with Crippen LogP contribution in [0.5, 0.6) is 11.5 Å². The van der Waals surface area contributed by atoms with Crippen molar-refractivity contribution in [3.8, 4) is 11.5 Å². The molecule has 1 N–H and O–H groups in total. The molecule has 2 amide bonds. The van der Waals surface area contributed by atoms with Crippen LogP contribution in [0.3, 0.4) is 0 Å². The van der Waals surface area contributed by atoms with Crippen LogP contribution in [0.15, 0.2) is 36.4 Å². The molecular formula is C18H16ClN3O5. The van der Waals surface area contributed by atoms with E-state index in [1.807, 2.05) is 0 Å². The molecule has 2 aliphatic heterocycles. The smallest absolute Gasteiger partial charge is 0.325 e. The zero-order valence-corrected chi connectivity index (χ0v) is 15.3. The van der Waals surface area contributed by atoms with Gasteiger partial charge in [-0.25, -0.2) is 4.79 Å². The molecule has 1 saturated heterocycles. The Kier molecular flexibility index (Phi) is 3.88. The fourth-order valence-corrected chi connectivity index (χ4v) is 3.84. The number of nitro benzene ring substituents is 1. The van der Waals surface area contributed by atoms with E-state index in [0.29, 0.717) is 34.2 Å². The summed E-state index contributed by atoms with van der Waals surface area (Å²) in [6.45, 7) is 1.80. The van der Waals surface area contributed by atoms with Crippen LogP contribution in [0.4, 0.5) is 16.2 Å². The first-order valence-electron chi connectivity index (χ1n) is 8.24. The number of fused-ring (bicyclic) bond motifs is 4.